The topological polar surface area (TPSA) is 21.7 Å². The zero-order valence-electron chi connectivity index (χ0n) is 10.7. The molecule has 0 amide bonds. The molecule has 0 fully saturated rings. The van der Waals surface area contributed by atoms with Gasteiger partial charge in [0.05, 0.1) is 18.0 Å². The molecule has 0 radical (unpaired) electrons. The van der Waals surface area contributed by atoms with Crippen LogP contribution in [0.25, 0.3) is 0 Å². The van der Waals surface area contributed by atoms with E-state index in [0.717, 1.165) is 29.4 Å². The zero-order valence-corrected chi connectivity index (χ0v) is 11.5. The van der Waals surface area contributed by atoms with Gasteiger partial charge < -0.3 is 13.8 Å². The van der Waals surface area contributed by atoms with Crippen LogP contribution in [-0.4, -0.2) is 19.4 Å². The third kappa shape index (κ3) is 2.41. The van der Waals surface area contributed by atoms with Crippen molar-refractivity contribution in [2.75, 3.05) is 24.3 Å². The summed E-state index contributed by atoms with van der Waals surface area (Å²) in [6.45, 7) is 1.47. The molecule has 0 atom stereocenters. The van der Waals surface area contributed by atoms with Gasteiger partial charge in [-0.15, -0.1) is 0 Å². The molecule has 3 nitrogen and oxygen atoms in total. The van der Waals surface area contributed by atoms with Crippen molar-refractivity contribution in [3.8, 4) is 11.5 Å². The molecule has 4 heteroatoms. The largest absolute Gasteiger partial charge is 0.453 e. The van der Waals surface area contributed by atoms with E-state index in [1.807, 2.05) is 42.7 Å². The molecule has 1 aliphatic rings. The van der Waals surface area contributed by atoms with Crippen molar-refractivity contribution < 1.29 is 8.92 Å². The molecule has 1 heterocycles. The molecule has 0 aliphatic carbocycles. The predicted octanol–water partition coefficient (Wildman–Crippen LogP) is 4.23. The summed E-state index contributed by atoms with van der Waals surface area (Å²) >= 11 is 1.39. The second-order valence-electron chi connectivity index (χ2n) is 4.18. The van der Waals surface area contributed by atoms with Crippen LogP contribution in [0.4, 0.5) is 11.4 Å². The highest BCUT2D eigenvalue weighted by Crippen LogP contribution is 2.45. The van der Waals surface area contributed by atoms with Crippen molar-refractivity contribution in [2.24, 2.45) is 0 Å². The van der Waals surface area contributed by atoms with Gasteiger partial charge in [0.2, 0.25) is 0 Å². The fraction of sp³-hybridized carbons (Fsp3) is 0.200. The van der Waals surface area contributed by atoms with Crippen LogP contribution in [0.15, 0.2) is 48.5 Å². The van der Waals surface area contributed by atoms with Gasteiger partial charge in [0.15, 0.2) is 11.5 Å². The number of ether oxygens (including phenoxy) is 1. The molecule has 0 aromatic heterocycles. The van der Waals surface area contributed by atoms with E-state index in [9.17, 15) is 0 Å². The van der Waals surface area contributed by atoms with Gasteiger partial charge in [0.1, 0.15) is 0 Å². The summed E-state index contributed by atoms with van der Waals surface area (Å²) in [4.78, 5) is 2.24. The SMILES string of the molecule is CSOCCN1c2ccccc2Oc2ccccc21. The highest BCUT2D eigenvalue weighted by molar-refractivity contribution is 7.93. The Kier molecular flexibility index (Phi) is 3.62. The molecule has 0 unspecified atom stereocenters. The Hall–Kier alpha value is -1.65. The summed E-state index contributed by atoms with van der Waals surface area (Å²) in [5, 5.41) is 0. The van der Waals surface area contributed by atoms with E-state index >= 15 is 0 Å². The molecule has 0 N–H and O–H groups in total. The summed E-state index contributed by atoms with van der Waals surface area (Å²) in [5.41, 5.74) is 2.18. The van der Waals surface area contributed by atoms with Crippen LogP contribution in [-0.2, 0) is 4.18 Å². The lowest BCUT2D eigenvalue weighted by atomic mass is 10.1. The first-order valence-corrected chi connectivity index (χ1v) is 7.34. The number of hydrogen-bond acceptors (Lipinski definition) is 4. The van der Waals surface area contributed by atoms with Crippen molar-refractivity contribution in [1.82, 2.24) is 0 Å². The van der Waals surface area contributed by atoms with E-state index in [-0.39, 0.29) is 0 Å². The van der Waals surface area contributed by atoms with Crippen molar-refractivity contribution in [2.45, 2.75) is 0 Å². The van der Waals surface area contributed by atoms with Crippen molar-refractivity contribution in [1.29, 1.82) is 0 Å². The lowest BCUT2D eigenvalue weighted by Crippen LogP contribution is -2.24. The Morgan fingerprint density at radius 2 is 1.58 bits per heavy atom. The lowest BCUT2D eigenvalue weighted by molar-refractivity contribution is 0.383. The maximum absolute atomic E-state index is 5.93. The number of para-hydroxylation sites is 4. The summed E-state index contributed by atoms with van der Waals surface area (Å²) in [5.74, 6) is 1.79. The molecule has 0 bridgehead atoms. The standard InChI is InChI=1S/C15H15NO2S/c1-19-17-11-10-16-12-6-2-4-8-14(12)18-15-9-5-3-7-13(15)16/h2-9H,10-11H2,1H3. The Labute approximate surface area is 117 Å². The summed E-state index contributed by atoms with van der Waals surface area (Å²) < 4.78 is 11.3. The Balaban J connectivity index is 1.96. The van der Waals surface area contributed by atoms with Crippen molar-refractivity contribution >= 4 is 23.4 Å². The van der Waals surface area contributed by atoms with E-state index in [1.54, 1.807) is 0 Å². The number of rotatable bonds is 4. The minimum Gasteiger partial charge on any atom is -0.453 e. The molecule has 2 aromatic carbocycles. The smallest absolute Gasteiger partial charge is 0.151 e. The van der Waals surface area contributed by atoms with Gasteiger partial charge in [-0.05, 0) is 36.3 Å². The first-order valence-electron chi connectivity index (χ1n) is 6.19. The monoisotopic (exact) mass is 273 g/mol. The minimum absolute atomic E-state index is 0.670. The average molecular weight is 273 g/mol. The van der Waals surface area contributed by atoms with Gasteiger partial charge in [0, 0.05) is 12.8 Å². The van der Waals surface area contributed by atoms with Gasteiger partial charge in [-0.25, -0.2) is 0 Å². The van der Waals surface area contributed by atoms with E-state index in [4.69, 9.17) is 8.92 Å². The molecular formula is C15H15NO2S. The maximum atomic E-state index is 5.93. The first kappa shape index (κ1) is 12.4. The lowest BCUT2D eigenvalue weighted by Gasteiger charge is -2.32. The molecule has 0 saturated heterocycles. The molecule has 98 valence electrons. The van der Waals surface area contributed by atoms with Crippen molar-refractivity contribution in [3.05, 3.63) is 48.5 Å². The van der Waals surface area contributed by atoms with Crippen LogP contribution in [0.2, 0.25) is 0 Å². The molecule has 0 saturated carbocycles. The van der Waals surface area contributed by atoms with E-state index < -0.39 is 0 Å². The van der Waals surface area contributed by atoms with E-state index in [1.165, 1.54) is 12.0 Å². The quantitative estimate of drug-likeness (QED) is 0.614. The van der Waals surface area contributed by atoms with Gasteiger partial charge in [0.25, 0.3) is 0 Å². The fourth-order valence-electron chi connectivity index (χ4n) is 2.23. The van der Waals surface area contributed by atoms with Gasteiger partial charge in [-0.1, -0.05) is 24.3 Å². The van der Waals surface area contributed by atoms with Crippen LogP contribution in [0, 0.1) is 0 Å². The first-order chi connectivity index (χ1) is 9.40. The van der Waals surface area contributed by atoms with Crippen LogP contribution < -0.4 is 9.64 Å². The number of benzene rings is 2. The Morgan fingerprint density at radius 3 is 2.16 bits per heavy atom. The van der Waals surface area contributed by atoms with Gasteiger partial charge in [-0.3, -0.25) is 0 Å². The molecular weight excluding hydrogens is 258 g/mol. The Morgan fingerprint density at radius 1 is 1.00 bits per heavy atom. The highest BCUT2D eigenvalue weighted by Gasteiger charge is 2.23. The van der Waals surface area contributed by atoms with Crippen LogP contribution in [0.3, 0.4) is 0 Å². The summed E-state index contributed by atoms with van der Waals surface area (Å²) in [6.07, 6.45) is 1.93. The van der Waals surface area contributed by atoms with Crippen molar-refractivity contribution in [3.63, 3.8) is 0 Å². The van der Waals surface area contributed by atoms with Gasteiger partial charge >= 0.3 is 0 Å². The number of nitrogens with zero attached hydrogens (tertiary/aromatic N) is 1. The molecule has 1 aliphatic heterocycles. The molecule has 0 spiro atoms. The third-order valence-corrected chi connectivity index (χ3v) is 3.45. The normalized spacial score (nSPS) is 12.6. The predicted molar refractivity (Wildman–Crippen MR) is 79.4 cm³/mol. The number of hydrogen-bond donors (Lipinski definition) is 0. The van der Waals surface area contributed by atoms with E-state index in [2.05, 4.69) is 17.0 Å². The summed E-state index contributed by atoms with van der Waals surface area (Å²) in [6, 6.07) is 16.2. The average Bonchev–Trinajstić information content (AvgIpc) is 2.46. The molecule has 2 aromatic rings. The summed E-state index contributed by atoms with van der Waals surface area (Å²) in [7, 11) is 0. The fourth-order valence-corrected chi connectivity index (χ4v) is 2.48. The van der Waals surface area contributed by atoms with Crippen LogP contribution in [0.1, 0.15) is 0 Å². The van der Waals surface area contributed by atoms with Crippen LogP contribution in [0.5, 0.6) is 11.5 Å². The Bertz CT molecular complexity index is 528. The zero-order chi connectivity index (χ0) is 13.1. The maximum Gasteiger partial charge on any atom is 0.151 e. The number of anilines is 2. The van der Waals surface area contributed by atoms with E-state index in [0.29, 0.717) is 6.61 Å². The highest BCUT2D eigenvalue weighted by atomic mass is 32.2. The second-order valence-corrected chi connectivity index (χ2v) is 4.75. The van der Waals surface area contributed by atoms with Crippen LogP contribution >= 0.6 is 12.0 Å². The number of fused-ring (bicyclic) bond motifs is 2. The minimum atomic E-state index is 0.670. The molecule has 3 rings (SSSR count). The third-order valence-electron chi connectivity index (χ3n) is 3.05. The van der Waals surface area contributed by atoms with Gasteiger partial charge in [-0.2, -0.15) is 0 Å². The second kappa shape index (κ2) is 5.55. The molecule has 19 heavy (non-hydrogen) atoms.